The number of hydrogen-bond donors (Lipinski definition) is 4. The summed E-state index contributed by atoms with van der Waals surface area (Å²) >= 11 is 0. The molecule has 96 valence electrons. The highest BCUT2D eigenvalue weighted by Crippen LogP contribution is 2.22. The van der Waals surface area contributed by atoms with E-state index in [1.807, 2.05) is 0 Å². The van der Waals surface area contributed by atoms with Crippen LogP contribution >= 0.6 is 0 Å². The molecule has 0 radical (unpaired) electrons. The van der Waals surface area contributed by atoms with Crippen molar-refractivity contribution in [2.45, 2.75) is 57.9 Å². The maximum atomic E-state index is 7.77. The summed E-state index contributed by atoms with van der Waals surface area (Å²) in [6.45, 7) is 2.20. The zero-order chi connectivity index (χ0) is 12.8. The lowest BCUT2D eigenvalue weighted by Crippen LogP contribution is -2.32. The minimum absolute atomic E-state index is 0.0495. The Hall–Kier alpha value is -1.03. The molecule has 0 aromatic heterocycles. The van der Waals surface area contributed by atoms with Crippen molar-refractivity contribution < 1.29 is 0 Å². The molecule has 0 heterocycles. The van der Waals surface area contributed by atoms with Crippen molar-refractivity contribution in [2.24, 2.45) is 11.7 Å². The Morgan fingerprint density at radius 3 is 2.06 bits per heavy atom. The summed E-state index contributed by atoms with van der Waals surface area (Å²) in [6, 6.07) is -0.411. The summed E-state index contributed by atoms with van der Waals surface area (Å²) in [5.41, 5.74) is 6.33. The van der Waals surface area contributed by atoms with E-state index in [1.54, 1.807) is 0 Å². The van der Waals surface area contributed by atoms with Crippen LogP contribution in [-0.4, -0.2) is 23.2 Å². The van der Waals surface area contributed by atoms with Crippen molar-refractivity contribution in [3.8, 4) is 0 Å². The molecule has 4 nitrogen and oxygen atoms in total. The number of nitrogens with one attached hydrogen (secondary N) is 3. The van der Waals surface area contributed by atoms with E-state index in [0.29, 0.717) is 0 Å². The highest BCUT2D eigenvalue weighted by molar-refractivity contribution is 6.71. The molecule has 17 heavy (non-hydrogen) atoms. The minimum atomic E-state index is -0.411. The molecule has 2 unspecified atom stereocenters. The third kappa shape index (κ3) is 3.46. The lowest BCUT2D eigenvalue weighted by atomic mass is 9.94. The molecule has 1 fully saturated rings. The van der Waals surface area contributed by atoms with Crippen molar-refractivity contribution in [3.05, 3.63) is 0 Å². The van der Waals surface area contributed by atoms with Crippen molar-refractivity contribution in [1.82, 2.24) is 0 Å². The largest absolute Gasteiger partial charge is 0.322 e. The molecule has 5 N–H and O–H groups in total. The Bertz CT molecular complexity index is 309. The van der Waals surface area contributed by atoms with E-state index in [0.717, 1.165) is 12.8 Å². The highest BCUT2D eigenvalue weighted by atomic mass is 14.8. The van der Waals surface area contributed by atoms with Crippen molar-refractivity contribution in [1.29, 1.82) is 16.2 Å². The molecule has 0 aromatic carbocycles. The second-order valence-electron chi connectivity index (χ2n) is 4.89. The Balaban J connectivity index is 2.25. The van der Waals surface area contributed by atoms with E-state index >= 15 is 0 Å². The van der Waals surface area contributed by atoms with Crippen LogP contribution in [0.3, 0.4) is 0 Å². The van der Waals surface area contributed by atoms with Crippen molar-refractivity contribution >= 4 is 17.1 Å². The monoisotopic (exact) mass is 236 g/mol. The molecule has 0 aromatic rings. The van der Waals surface area contributed by atoms with Crippen LogP contribution in [0.25, 0.3) is 0 Å². The molecular formula is C13H24N4. The van der Waals surface area contributed by atoms with E-state index in [9.17, 15) is 0 Å². The topological polar surface area (TPSA) is 97.6 Å². The first-order valence-corrected chi connectivity index (χ1v) is 6.61. The highest BCUT2D eigenvalue weighted by Gasteiger charge is 2.37. The molecule has 4 heteroatoms. The Labute approximate surface area is 104 Å². The van der Waals surface area contributed by atoms with Gasteiger partial charge in [0, 0.05) is 5.92 Å². The summed E-state index contributed by atoms with van der Waals surface area (Å²) in [5.74, 6) is -0.0822. The molecule has 1 aliphatic rings. The van der Waals surface area contributed by atoms with Gasteiger partial charge in [0.2, 0.25) is 0 Å². The van der Waals surface area contributed by atoms with E-state index < -0.39 is 6.04 Å². The summed E-state index contributed by atoms with van der Waals surface area (Å²) in [5, 5.41) is 22.9. The van der Waals surface area contributed by atoms with Gasteiger partial charge in [0.1, 0.15) is 0 Å². The maximum Gasteiger partial charge on any atom is 0.0975 e. The van der Waals surface area contributed by atoms with Crippen LogP contribution in [0, 0.1) is 22.1 Å². The van der Waals surface area contributed by atoms with Crippen molar-refractivity contribution in [3.63, 3.8) is 0 Å². The van der Waals surface area contributed by atoms with Crippen molar-refractivity contribution in [2.75, 3.05) is 0 Å². The average Bonchev–Trinajstić information content (AvgIpc) is 2.50. The summed E-state index contributed by atoms with van der Waals surface area (Å²) < 4.78 is 0. The number of nitrogens with two attached hydrogens (primary N) is 1. The fraction of sp³-hybridized carbons (Fsp3) is 0.769. The van der Waals surface area contributed by atoms with Gasteiger partial charge >= 0.3 is 0 Å². The zero-order valence-electron chi connectivity index (χ0n) is 10.7. The van der Waals surface area contributed by atoms with Crippen LogP contribution in [-0.2, 0) is 0 Å². The van der Waals surface area contributed by atoms with E-state index in [-0.39, 0.29) is 23.1 Å². The number of unbranched alkanes of at least 4 members (excludes halogenated alkanes) is 5. The second-order valence-corrected chi connectivity index (χ2v) is 4.89. The predicted molar refractivity (Wildman–Crippen MR) is 72.6 cm³/mol. The van der Waals surface area contributed by atoms with Gasteiger partial charge in [-0.05, 0) is 6.42 Å². The molecule has 1 aliphatic carbocycles. The van der Waals surface area contributed by atoms with E-state index in [4.69, 9.17) is 22.0 Å². The molecule has 0 bridgehead atoms. The van der Waals surface area contributed by atoms with Gasteiger partial charge in [-0.25, -0.2) is 0 Å². The summed E-state index contributed by atoms with van der Waals surface area (Å²) in [7, 11) is 0. The van der Waals surface area contributed by atoms with Gasteiger partial charge in [-0.2, -0.15) is 0 Å². The van der Waals surface area contributed by atoms with Gasteiger partial charge in [-0.3, -0.25) is 5.41 Å². The fourth-order valence-corrected chi connectivity index (χ4v) is 2.35. The molecule has 2 atom stereocenters. The van der Waals surface area contributed by atoms with Gasteiger partial charge in [0.05, 0.1) is 23.2 Å². The predicted octanol–water partition coefficient (Wildman–Crippen LogP) is 2.75. The molecule has 1 rings (SSSR count). The van der Waals surface area contributed by atoms with Gasteiger partial charge in [-0.15, -0.1) is 0 Å². The normalized spacial score (nSPS) is 24.7. The second kappa shape index (κ2) is 6.64. The molecular weight excluding hydrogens is 212 g/mol. The van der Waals surface area contributed by atoms with Crippen LogP contribution in [0.2, 0.25) is 0 Å². The van der Waals surface area contributed by atoms with Crippen LogP contribution in [0.15, 0.2) is 0 Å². The lowest BCUT2D eigenvalue weighted by molar-refractivity contribution is 0.523. The Morgan fingerprint density at radius 1 is 0.941 bits per heavy atom. The first kappa shape index (κ1) is 14.0. The molecule has 1 saturated carbocycles. The van der Waals surface area contributed by atoms with E-state index in [2.05, 4.69) is 6.92 Å². The molecule has 0 aliphatic heterocycles. The first-order valence-electron chi connectivity index (χ1n) is 6.61. The van der Waals surface area contributed by atoms with Crippen LogP contribution in [0.5, 0.6) is 0 Å². The standard InChI is InChI=1S/C13H24N4/c1-2-3-4-5-6-7-8-9-10(14)12(16)13(17)11(9)15/h9-10,15-17H,2-8,14H2,1H3. The minimum Gasteiger partial charge on any atom is -0.322 e. The first-order chi connectivity index (χ1) is 8.09. The van der Waals surface area contributed by atoms with Gasteiger partial charge in [0.25, 0.3) is 0 Å². The molecule has 0 spiro atoms. The Morgan fingerprint density at radius 2 is 1.53 bits per heavy atom. The smallest absolute Gasteiger partial charge is 0.0975 e. The average molecular weight is 236 g/mol. The zero-order valence-corrected chi connectivity index (χ0v) is 10.7. The number of hydrogen-bond acceptors (Lipinski definition) is 4. The third-order valence-electron chi connectivity index (χ3n) is 3.54. The SMILES string of the molecule is CCCCCCCCC1C(=N)C(=N)C(=N)C1N. The van der Waals surface area contributed by atoms with E-state index in [1.165, 1.54) is 32.1 Å². The third-order valence-corrected chi connectivity index (χ3v) is 3.54. The molecule has 0 saturated heterocycles. The fourth-order valence-electron chi connectivity index (χ4n) is 2.35. The Kier molecular flexibility index (Phi) is 5.48. The lowest BCUT2D eigenvalue weighted by Gasteiger charge is -2.13. The van der Waals surface area contributed by atoms with Crippen LogP contribution in [0.1, 0.15) is 51.9 Å². The maximum absolute atomic E-state index is 7.77. The summed E-state index contributed by atoms with van der Waals surface area (Å²) in [6.07, 6.45) is 8.19. The van der Waals surface area contributed by atoms with Crippen LogP contribution in [0.4, 0.5) is 0 Å². The quantitative estimate of drug-likeness (QED) is 0.502. The van der Waals surface area contributed by atoms with Gasteiger partial charge in [-0.1, -0.05) is 45.4 Å². The van der Waals surface area contributed by atoms with Gasteiger partial charge in [0.15, 0.2) is 0 Å². The van der Waals surface area contributed by atoms with Crippen LogP contribution < -0.4 is 5.73 Å². The number of rotatable bonds is 7. The molecule has 0 amide bonds. The van der Waals surface area contributed by atoms with Gasteiger partial charge < -0.3 is 16.6 Å². The summed E-state index contributed by atoms with van der Waals surface area (Å²) in [4.78, 5) is 0.